The Kier molecular flexibility index (Phi) is 5.36. The first-order chi connectivity index (χ1) is 11.1. The number of piperidine rings is 1. The fraction of sp³-hybridized carbons (Fsp3) is 0.500. The predicted molar refractivity (Wildman–Crippen MR) is 83.6 cm³/mol. The molecule has 132 valence electrons. The van der Waals surface area contributed by atoms with Gasteiger partial charge in [-0.05, 0) is 43.5 Å². The Labute approximate surface area is 138 Å². The van der Waals surface area contributed by atoms with E-state index in [0.29, 0.717) is 18.7 Å². The summed E-state index contributed by atoms with van der Waals surface area (Å²) >= 11 is 0. The van der Waals surface area contributed by atoms with Crippen LogP contribution in [0.4, 0.5) is 23.7 Å². The van der Waals surface area contributed by atoms with E-state index >= 15 is 0 Å². The maximum Gasteiger partial charge on any atom is 0.416 e. The summed E-state index contributed by atoms with van der Waals surface area (Å²) < 4.78 is 38.5. The molecule has 0 radical (unpaired) electrons. The van der Waals surface area contributed by atoms with Gasteiger partial charge in [0.2, 0.25) is 5.91 Å². The molecule has 2 N–H and O–H groups in total. The second-order valence-corrected chi connectivity index (χ2v) is 6.00. The van der Waals surface area contributed by atoms with Crippen LogP contribution in [-0.2, 0) is 11.0 Å². The van der Waals surface area contributed by atoms with Gasteiger partial charge in [0.25, 0.3) is 0 Å². The van der Waals surface area contributed by atoms with Gasteiger partial charge in [-0.2, -0.15) is 13.2 Å². The van der Waals surface area contributed by atoms with Gasteiger partial charge in [-0.25, -0.2) is 4.79 Å². The van der Waals surface area contributed by atoms with Crippen molar-refractivity contribution in [1.82, 2.24) is 10.2 Å². The van der Waals surface area contributed by atoms with Crippen LogP contribution < -0.4 is 10.6 Å². The number of rotatable bonds is 2. The Balaban J connectivity index is 2.06. The number of nitrogens with zero attached hydrogens (tertiary/aromatic N) is 1. The summed E-state index contributed by atoms with van der Waals surface area (Å²) in [6.45, 7) is 3.78. The Morgan fingerprint density at radius 1 is 1.25 bits per heavy atom. The van der Waals surface area contributed by atoms with E-state index in [1.807, 2.05) is 0 Å². The number of benzene rings is 1. The second-order valence-electron chi connectivity index (χ2n) is 6.00. The number of anilines is 1. The highest BCUT2D eigenvalue weighted by Crippen LogP contribution is 2.32. The first-order valence-corrected chi connectivity index (χ1v) is 7.67. The quantitative estimate of drug-likeness (QED) is 0.867. The van der Waals surface area contributed by atoms with Crippen molar-refractivity contribution in [3.05, 3.63) is 29.3 Å². The minimum atomic E-state index is -4.47. The van der Waals surface area contributed by atoms with Gasteiger partial charge >= 0.3 is 12.2 Å². The number of hydrogen-bond donors (Lipinski definition) is 2. The highest BCUT2D eigenvalue weighted by atomic mass is 19.4. The molecule has 1 aromatic carbocycles. The second kappa shape index (κ2) is 7.11. The molecule has 0 bridgehead atoms. The third-order valence-electron chi connectivity index (χ3n) is 3.77. The van der Waals surface area contributed by atoms with Crippen molar-refractivity contribution >= 4 is 17.6 Å². The summed E-state index contributed by atoms with van der Waals surface area (Å²) in [6.07, 6.45) is -2.97. The summed E-state index contributed by atoms with van der Waals surface area (Å²) in [5, 5.41) is 5.27. The fourth-order valence-corrected chi connectivity index (χ4v) is 2.79. The SMILES string of the molecule is CC(=O)N[C@@H]1CCCN(C(=O)Nc2cc(C)cc(C(F)(F)F)c2)C1. The number of aryl methyl sites for hydroxylation is 1. The number of hydrogen-bond acceptors (Lipinski definition) is 2. The molecule has 0 saturated carbocycles. The third kappa shape index (κ3) is 4.87. The predicted octanol–water partition coefficient (Wildman–Crippen LogP) is 3.15. The van der Waals surface area contributed by atoms with Crippen molar-refractivity contribution in [2.24, 2.45) is 0 Å². The summed E-state index contributed by atoms with van der Waals surface area (Å²) in [6, 6.07) is 2.83. The smallest absolute Gasteiger partial charge is 0.352 e. The zero-order valence-electron chi connectivity index (χ0n) is 13.5. The summed E-state index contributed by atoms with van der Waals surface area (Å²) in [5.74, 6) is -0.171. The minimum absolute atomic E-state index is 0.106. The van der Waals surface area contributed by atoms with E-state index in [4.69, 9.17) is 0 Å². The monoisotopic (exact) mass is 343 g/mol. The molecule has 0 spiro atoms. The molecule has 1 saturated heterocycles. The molecule has 0 unspecified atom stereocenters. The highest BCUT2D eigenvalue weighted by molar-refractivity contribution is 5.89. The molecule has 1 aliphatic heterocycles. The standard InChI is InChI=1S/C16H20F3N3O2/c1-10-6-12(16(17,18)19)8-14(7-10)21-15(24)22-5-3-4-13(9-22)20-11(2)23/h6-8,13H,3-5,9H2,1-2H3,(H,20,23)(H,21,24)/t13-/m1/s1. The lowest BCUT2D eigenvalue weighted by Gasteiger charge is -2.33. The maximum atomic E-state index is 12.8. The highest BCUT2D eigenvalue weighted by Gasteiger charge is 2.31. The number of nitrogens with one attached hydrogen (secondary N) is 2. The van der Waals surface area contributed by atoms with Crippen LogP contribution in [0.2, 0.25) is 0 Å². The lowest BCUT2D eigenvalue weighted by molar-refractivity contribution is -0.137. The Morgan fingerprint density at radius 2 is 1.96 bits per heavy atom. The number of halogens is 3. The van der Waals surface area contributed by atoms with Gasteiger partial charge in [0.05, 0.1) is 5.56 Å². The van der Waals surface area contributed by atoms with Crippen LogP contribution in [0.3, 0.4) is 0 Å². The van der Waals surface area contributed by atoms with Crippen molar-refractivity contribution in [3.8, 4) is 0 Å². The van der Waals surface area contributed by atoms with Crippen molar-refractivity contribution in [1.29, 1.82) is 0 Å². The van der Waals surface area contributed by atoms with Crippen LogP contribution in [0, 0.1) is 6.92 Å². The zero-order valence-corrected chi connectivity index (χ0v) is 13.5. The van der Waals surface area contributed by atoms with E-state index in [1.54, 1.807) is 6.92 Å². The topological polar surface area (TPSA) is 61.4 Å². The van der Waals surface area contributed by atoms with E-state index in [9.17, 15) is 22.8 Å². The molecule has 1 fully saturated rings. The molecule has 8 heteroatoms. The molecule has 0 aliphatic carbocycles. The number of urea groups is 1. The van der Waals surface area contributed by atoms with Gasteiger partial charge in [-0.15, -0.1) is 0 Å². The van der Waals surface area contributed by atoms with Gasteiger partial charge in [-0.3, -0.25) is 4.79 Å². The molecule has 1 aromatic rings. The van der Waals surface area contributed by atoms with Gasteiger partial charge in [0.1, 0.15) is 0 Å². The molecule has 24 heavy (non-hydrogen) atoms. The van der Waals surface area contributed by atoms with Crippen LogP contribution in [0.1, 0.15) is 30.9 Å². The molecular weight excluding hydrogens is 323 g/mol. The molecule has 3 amide bonds. The third-order valence-corrected chi connectivity index (χ3v) is 3.77. The van der Waals surface area contributed by atoms with Crippen molar-refractivity contribution < 1.29 is 22.8 Å². The van der Waals surface area contributed by atoms with Gasteiger partial charge < -0.3 is 15.5 Å². The van der Waals surface area contributed by atoms with Crippen LogP contribution in [0.15, 0.2) is 18.2 Å². The molecule has 2 rings (SSSR count). The zero-order chi connectivity index (χ0) is 17.9. The average molecular weight is 343 g/mol. The largest absolute Gasteiger partial charge is 0.416 e. The summed E-state index contributed by atoms with van der Waals surface area (Å²) in [4.78, 5) is 24.9. The number of carbonyl (C=O) groups excluding carboxylic acids is 2. The number of likely N-dealkylation sites (tertiary alicyclic amines) is 1. The van der Waals surface area contributed by atoms with Gasteiger partial charge in [0, 0.05) is 31.7 Å². The lowest BCUT2D eigenvalue weighted by Crippen LogP contribution is -2.50. The summed E-state index contributed by atoms with van der Waals surface area (Å²) in [7, 11) is 0. The molecule has 1 aliphatic rings. The van der Waals surface area contributed by atoms with Crippen LogP contribution in [-0.4, -0.2) is 36.0 Å². The van der Waals surface area contributed by atoms with E-state index in [-0.39, 0.29) is 17.6 Å². The van der Waals surface area contributed by atoms with Crippen LogP contribution in [0.5, 0.6) is 0 Å². The Morgan fingerprint density at radius 3 is 2.58 bits per heavy atom. The first kappa shape index (κ1) is 18.1. The van der Waals surface area contributed by atoms with E-state index in [2.05, 4.69) is 10.6 Å². The van der Waals surface area contributed by atoms with Crippen LogP contribution >= 0.6 is 0 Å². The van der Waals surface area contributed by atoms with Gasteiger partial charge in [0.15, 0.2) is 0 Å². The molecule has 1 atom stereocenters. The van der Waals surface area contributed by atoms with Crippen molar-refractivity contribution in [3.63, 3.8) is 0 Å². The van der Waals surface area contributed by atoms with Crippen molar-refractivity contribution in [2.45, 2.75) is 38.9 Å². The number of alkyl halides is 3. The van der Waals surface area contributed by atoms with Crippen LogP contribution in [0.25, 0.3) is 0 Å². The first-order valence-electron chi connectivity index (χ1n) is 7.67. The van der Waals surface area contributed by atoms with E-state index < -0.39 is 17.8 Å². The molecule has 0 aromatic heterocycles. The van der Waals surface area contributed by atoms with Crippen molar-refractivity contribution in [2.75, 3.05) is 18.4 Å². The molecule has 1 heterocycles. The molecule has 5 nitrogen and oxygen atoms in total. The van der Waals surface area contributed by atoms with E-state index in [1.165, 1.54) is 17.9 Å². The Hall–Kier alpha value is -2.25. The summed E-state index contributed by atoms with van der Waals surface area (Å²) in [5.41, 5.74) is -0.281. The maximum absolute atomic E-state index is 12.8. The number of amides is 3. The van der Waals surface area contributed by atoms with Gasteiger partial charge in [-0.1, -0.05) is 0 Å². The Bertz CT molecular complexity index is 631. The fourth-order valence-electron chi connectivity index (χ4n) is 2.79. The minimum Gasteiger partial charge on any atom is -0.352 e. The normalized spacial score (nSPS) is 18.2. The van der Waals surface area contributed by atoms with E-state index in [0.717, 1.165) is 25.0 Å². The lowest BCUT2D eigenvalue weighted by atomic mass is 10.1. The number of carbonyl (C=O) groups is 2. The average Bonchev–Trinajstić information content (AvgIpc) is 2.45. The molecular formula is C16H20F3N3O2.